The molecule has 0 spiro atoms. The maximum atomic E-state index is 11.0. The van der Waals surface area contributed by atoms with E-state index in [2.05, 4.69) is 21.2 Å². The van der Waals surface area contributed by atoms with Gasteiger partial charge in [-0.05, 0) is 31.5 Å². The molecule has 0 bridgehead atoms. The van der Waals surface area contributed by atoms with Crippen molar-refractivity contribution in [3.8, 4) is 0 Å². The Morgan fingerprint density at radius 2 is 2.15 bits per heavy atom. The Bertz CT molecular complexity index is 621. The van der Waals surface area contributed by atoms with E-state index >= 15 is 0 Å². The van der Waals surface area contributed by atoms with Crippen LogP contribution in [-0.2, 0) is 6.54 Å². The van der Waals surface area contributed by atoms with Crippen molar-refractivity contribution in [3.05, 3.63) is 57.5 Å². The number of furan rings is 1. The monoisotopic (exact) mass is 337 g/mol. The van der Waals surface area contributed by atoms with Crippen LogP contribution in [0, 0.1) is 6.92 Å². The summed E-state index contributed by atoms with van der Waals surface area (Å²) in [4.78, 5) is 11.0. The molecule has 1 atom stereocenters. The highest BCUT2D eigenvalue weighted by atomic mass is 79.9. The lowest BCUT2D eigenvalue weighted by Gasteiger charge is -2.14. The van der Waals surface area contributed by atoms with Crippen molar-refractivity contribution in [2.75, 3.05) is 0 Å². The minimum absolute atomic E-state index is 0.129. The van der Waals surface area contributed by atoms with Crippen LogP contribution in [0.5, 0.6) is 0 Å². The largest absolute Gasteiger partial charge is 0.478 e. The van der Waals surface area contributed by atoms with Gasteiger partial charge >= 0.3 is 5.97 Å². The summed E-state index contributed by atoms with van der Waals surface area (Å²) in [6.07, 6.45) is 0. The summed E-state index contributed by atoms with van der Waals surface area (Å²) in [5.74, 6) is 0.0954. The van der Waals surface area contributed by atoms with Gasteiger partial charge in [-0.1, -0.05) is 34.1 Å². The van der Waals surface area contributed by atoms with Crippen LogP contribution in [0.3, 0.4) is 0 Å². The second-order valence-corrected chi connectivity index (χ2v) is 5.47. The summed E-state index contributed by atoms with van der Waals surface area (Å²) in [5, 5.41) is 12.3. The van der Waals surface area contributed by atoms with Gasteiger partial charge in [0.05, 0.1) is 6.54 Å². The molecule has 2 N–H and O–H groups in total. The zero-order valence-electron chi connectivity index (χ0n) is 11.3. The maximum Gasteiger partial charge on any atom is 0.339 e. The highest BCUT2D eigenvalue weighted by Gasteiger charge is 2.14. The van der Waals surface area contributed by atoms with E-state index in [-0.39, 0.29) is 11.6 Å². The van der Waals surface area contributed by atoms with Crippen molar-refractivity contribution < 1.29 is 14.3 Å². The summed E-state index contributed by atoms with van der Waals surface area (Å²) >= 11 is 3.52. The number of carbonyl (C=O) groups is 1. The molecule has 0 radical (unpaired) electrons. The Kier molecular flexibility index (Phi) is 4.62. The lowest BCUT2D eigenvalue weighted by atomic mass is 10.1. The van der Waals surface area contributed by atoms with Crippen LogP contribution < -0.4 is 5.32 Å². The third-order valence-electron chi connectivity index (χ3n) is 3.15. The first-order valence-corrected chi connectivity index (χ1v) is 7.08. The Morgan fingerprint density at radius 3 is 2.75 bits per heavy atom. The number of rotatable bonds is 5. The van der Waals surface area contributed by atoms with Gasteiger partial charge in [0.2, 0.25) is 0 Å². The van der Waals surface area contributed by atoms with Crippen LogP contribution in [0.1, 0.15) is 40.4 Å². The van der Waals surface area contributed by atoms with Crippen molar-refractivity contribution >= 4 is 21.9 Å². The number of benzene rings is 1. The van der Waals surface area contributed by atoms with E-state index in [0.717, 1.165) is 10.0 Å². The number of carboxylic acids is 1. The van der Waals surface area contributed by atoms with Crippen LogP contribution in [-0.4, -0.2) is 11.1 Å². The van der Waals surface area contributed by atoms with Crippen molar-refractivity contribution in [2.45, 2.75) is 26.4 Å². The molecule has 1 aromatic carbocycles. The Hall–Kier alpha value is -1.59. The highest BCUT2D eigenvalue weighted by Crippen LogP contribution is 2.23. The number of aryl methyl sites for hydroxylation is 1. The Morgan fingerprint density at radius 1 is 1.45 bits per heavy atom. The average molecular weight is 338 g/mol. The summed E-state index contributed by atoms with van der Waals surface area (Å²) in [7, 11) is 0. The fraction of sp³-hybridized carbons (Fsp3) is 0.267. The summed E-state index contributed by atoms with van der Waals surface area (Å²) in [6.45, 7) is 4.19. The van der Waals surface area contributed by atoms with E-state index in [9.17, 15) is 4.79 Å². The van der Waals surface area contributed by atoms with Crippen LogP contribution in [0.4, 0.5) is 0 Å². The summed E-state index contributed by atoms with van der Waals surface area (Å²) < 4.78 is 6.48. The Balaban J connectivity index is 2.04. The second-order valence-electron chi connectivity index (χ2n) is 4.61. The lowest BCUT2D eigenvalue weighted by molar-refractivity contribution is 0.0695. The van der Waals surface area contributed by atoms with Gasteiger partial charge in [0.15, 0.2) is 0 Å². The number of nitrogens with one attached hydrogen (secondary N) is 1. The molecular formula is C15H16BrNO3. The number of hydrogen-bond acceptors (Lipinski definition) is 3. The van der Waals surface area contributed by atoms with E-state index in [1.165, 1.54) is 0 Å². The minimum atomic E-state index is -0.962. The quantitative estimate of drug-likeness (QED) is 0.868. The molecule has 2 rings (SSSR count). The van der Waals surface area contributed by atoms with Gasteiger partial charge in [0.25, 0.3) is 0 Å². The van der Waals surface area contributed by atoms with Crippen molar-refractivity contribution in [1.82, 2.24) is 5.32 Å². The first-order chi connectivity index (χ1) is 9.49. The first-order valence-electron chi connectivity index (χ1n) is 6.29. The third kappa shape index (κ3) is 3.29. The molecule has 20 heavy (non-hydrogen) atoms. The normalized spacial score (nSPS) is 12.3. The van der Waals surface area contributed by atoms with Crippen molar-refractivity contribution in [2.24, 2.45) is 0 Å². The first kappa shape index (κ1) is 14.8. The SMILES string of the molecule is Cc1oc(CN[C@@H](C)c2ccccc2Br)cc1C(=O)O. The van der Waals surface area contributed by atoms with E-state index in [0.29, 0.717) is 18.1 Å². The number of hydrogen-bond donors (Lipinski definition) is 2. The molecule has 4 nitrogen and oxygen atoms in total. The molecule has 2 aromatic rings. The van der Waals surface area contributed by atoms with Crippen LogP contribution in [0.25, 0.3) is 0 Å². The van der Waals surface area contributed by atoms with E-state index in [4.69, 9.17) is 9.52 Å². The minimum Gasteiger partial charge on any atom is -0.478 e. The molecule has 106 valence electrons. The predicted octanol–water partition coefficient (Wildman–Crippen LogP) is 3.90. The molecule has 0 aliphatic heterocycles. The summed E-state index contributed by atoms with van der Waals surface area (Å²) in [5.41, 5.74) is 1.37. The topological polar surface area (TPSA) is 62.5 Å². The van der Waals surface area contributed by atoms with Gasteiger partial charge in [0.1, 0.15) is 17.1 Å². The van der Waals surface area contributed by atoms with Gasteiger partial charge in [-0.2, -0.15) is 0 Å². The molecule has 0 saturated heterocycles. The van der Waals surface area contributed by atoms with Crippen molar-refractivity contribution in [3.63, 3.8) is 0 Å². The zero-order valence-corrected chi connectivity index (χ0v) is 12.9. The third-order valence-corrected chi connectivity index (χ3v) is 3.88. The molecule has 0 fully saturated rings. The average Bonchev–Trinajstić information content (AvgIpc) is 2.78. The van der Waals surface area contributed by atoms with Gasteiger partial charge in [-0.3, -0.25) is 0 Å². The molecule has 0 amide bonds. The fourth-order valence-electron chi connectivity index (χ4n) is 2.03. The molecule has 1 aromatic heterocycles. The molecule has 1 heterocycles. The smallest absolute Gasteiger partial charge is 0.339 e. The molecule has 0 saturated carbocycles. The highest BCUT2D eigenvalue weighted by molar-refractivity contribution is 9.10. The molecule has 5 heteroatoms. The van der Waals surface area contributed by atoms with Gasteiger partial charge < -0.3 is 14.8 Å². The van der Waals surface area contributed by atoms with E-state index < -0.39 is 5.97 Å². The van der Waals surface area contributed by atoms with Gasteiger partial charge in [-0.15, -0.1) is 0 Å². The van der Waals surface area contributed by atoms with Crippen LogP contribution >= 0.6 is 15.9 Å². The molecule has 0 aliphatic rings. The molecular weight excluding hydrogens is 322 g/mol. The lowest BCUT2D eigenvalue weighted by Crippen LogP contribution is -2.18. The van der Waals surface area contributed by atoms with Crippen LogP contribution in [0.15, 0.2) is 39.2 Å². The standard InChI is InChI=1S/C15H16BrNO3/c1-9(12-5-3-4-6-14(12)16)17-8-11-7-13(15(18)19)10(2)20-11/h3-7,9,17H,8H2,1-2H3,(H,18,19)/t9-/m0/s1. The Labute approximate surface area is 125 Å². The number of halogens is 1. The predicted molar refractivity (Wildman–Crippen MR) is 79.8 cm³/mol. The van der Waals surface area contributed by atoms with E-state index in [1.54, 1.807) is 13.0 Å². The van der Waals surface area contributed by atoms with Crippen molar-refractivity contribution in [1.29, 1.82) is 0 Å². The molecule has 0 aliphatic carbocycles. The fourth-order valence-corrected chi connectivity index (χ4v) is 2.66. The number of aromatic carboxylic acids is 1. The van der Waals surface area contributed by atoms with Crippen LogP contribution in [0.2, 0.25) is 0 Å². The zero-order chi connectivity index (χ0) is 14.7. The number of carboxylic acid groups (broad SMARTS) is 1. The maximum absolute atomic E-state index is 11.0. The molecule has 0 unspecified atom stereocenters. The van der Waals surface area contributed by atoms with E-state index in [1.807, 2.05) is 31.2 Å². The van der Waals surface area contributed by atoms with Gasteiger partial charge in [-0.25, -0.2) is 4.79 Å². The van der Waals surface area contributed by atoms with Gasteiger partial charge in [0, 0.05) is 10.5 Å². The second kappa shape index (κ2) is 6.24. The summed E-state index contributed by atoms with van der Waals surface area (Å²) in [6, 6.07) is 9.68.